The third-order valence-electron chi connectivity index (χ3n) is 9.91. The van der Waals surface area contributed by atoms with Crippen LogP contribution in [0.5, 0.6) is 0 Å². The molecule has 260 valence electrons. The number of ether oxygens (including phenoxy) is 1. The van der Waals surface area contributed by atoms with Gasteiger partial charge in [0.15, 0.2) is 5.82 Å². The van der Waals surface area contributed by atoms with Gasteiger partial charge in [-0.3, -0.25) is 24.2 Å². The van der Waals surface area contributed by atoms with Crippen LogP contribution < -0.4 is 10.6 Å². The molecule has 1 saturated carbocycles. The first-order valence-corrected chi connectivity index (χ1v) is 16.9. The van der Waals surface area contributed by atoms with Crippen molar-refractivity contribution in [2.45, 2.75) is 76.3 Å². The minimum Gasteiger partial charge on any atom is -0.375 e. The molecule has 1 unspecified atom stereocenters. The number of piperazine rings is 1. The Morgan fingerprint density at radius 2 is 1.85 bits per heavy atom. The molecule has 2 aromatic heterocycles. The van der Waals surface area contributed by atoms with Crippen molar-refractivity contribution in [2.24, 2.45) is 13.0 Å². The van der Waals surface area contributed by atoms with Gasteiger partial charge < -0.3 is 25.2 Å². The summed E-state index contributed by atoms with van der Waals surface area (Å²) in [5, 5.41) is 17.2. The summed E-state index contributed by atoms with van der Waals surface area (Å²) in [5.74, 6) is -1.98. The van der Waals surface area contributed by atoms with Crippen LogP contribution in [0.25, 0.3) is 11.5 Å². The third kappa shape index (κ3) is 8.09. The van der Waals surface area contributed by atoms with Crippen LogP contribution in [-0.2, 0) is 26.2 Å². The van der Waals surface area contributed by atoms with Crippen LogP contribution in [0.3, 0.4) is 0 Å². The fourth-order valence-electron chi connectivity index (χ4n) is 6.84. The van der Waals surface area contributed by atoms with E-state index in [9.17, 15) is 14.4 Å². The molecule has 4 atom stereocenters. The predicted octanol–water partition coefficient (Wildman–Crippen LogP) is 3.43. The summed E-state index contributed by atoms with van der Waals surface area (Å²) in [7, 11) is 5.22. The molecule has 2 aliphatic rings. The molecule has 2 fully saturated rings. The molecule has 1 saturated heterocycles. The fourth-order valence-corrected chi connectivity index (χ4v) is 6.84. The minimum absolute atomic E-state index is 0.0157. The lowest BCUT2D eigenvalue weighted by molar-refractivity contribution is -0.140. The summed E-state index contributed by atoms with van der Waals surface area (Å²) in [6.45, 7) is 5.39. The number of halogens is 1. The molecule has 1 aliphatic carbocycles. The van der Waals surface area contributed by atoms with Gasteiger partial charge in [-0.25, -0.2) is 9.37 Å². The van der Waals surface area contributed by atoms with E-state index < -0.39 is 29.6 Å². The number of H-pyrrole nitrogens is 1. The number of anilines is 1. The zero-order valence-electron chi connectivity index (χ0n) is 28.5. The van der Waals surface area contributed by atoms with Crippen LogP contribution in [0.4, 0.5) is 10.1 Å². The number of nitrogens with one attached hydrogen (secondary N) is 3. The molecule has 0 bridgehead atoms. The lowest BCUT2D eigenvalue weighted by Crippen LogP contribution is -2.58. The number of hydrogen-bond donors (Lipinski definition) is 3. The number of methoxy groups -OCH3 is 1. The average molecular weight is 666 g/mol. The van der Waals surface area contributed by atoms with E-state index in [1.54, 1.807) is 41.9 Å². The molecule has 0 radical (unpaired) electrons. The van der Waals surface area contributed by atoms with Crippen LogP contribution in [0, 0.1) is 11.7 Å². The van der Waals surface area contributed by atoms with Crippen LogP contribution in [0.1, 0.15) is 75.6 Å². The van der Waals surface area contributed by atoms with E-state index in [0.29, 0.717) is 42.5 Å². The summed E-state index contributed by atoms with van der Waals surface area (Å²) in [5.41, 5.74) is 1.26. The number of nitrogens with zero attached hydrogens (tertiary/aromatic N) is 6. The van der Waals surface area contributed by atoms with Crippen molar-refractivity contribution >= 4 is 23.4 Å². The molecule has 48 heavy (non-hydrogen) atoms. The topological polar surface area (TPSA) is 150 Å². The molecule has 14 heteroatoms. The molecular formula is C34H48FN9O4. The van der Waals surface area contributed by atoms with Crippen molar-refractivity contribution in [1.29, 1.82) is 0 Å². The van der Waals surface area contributed by atoms with Crippen molar-refractivity contribution in [3.05, 3.63) is 47.7 Å². The smallest absolute Gasteiger partial charge is 0.246 e. The summed E-state index contributed by atoms with van der Waals surface area (Å²) in [4.78, 5) is 49.0. The molecule has 0 spiro atoms. The van der Waals surface area contributed by atoms with Crippen LogP contribution in [-0.4, -0.2) is 105 Å². The number of carbonyl (C=O) groups excluding carboxylic acids is 3. The van der Waals surface area contributed by atoms with Crippen molar-refractivity contribution in [3.63, 3.8) is 0 Å². The van der Waals surface area contributed by atoms with E-state index in [-0.39, 0.29) is 36.1 Å². The molecular weight excluding hydrogens is 617 g/mol. The maximum atomic E-state index is 15.8. The maximum absolute atomic E-state index is 15.8. The highest BCUT2D eigenvalue weighted by Gasteiger charge is 2.36. The van der Waals surface area contributed by atoms with Gasteiger partial charge in [0, 0.05) is 51.9 Å². The Morgan fingerprint density at radius 3 is 2.50 bits per heavy atom. The minimum atomic E-state index is -0.928. The molecule has 1 aromatic carbocycles. The van der Waals surface area contributed by atoms with E-state index in [2.05, 4.69) is 30.8 Å². The van der Waals surface area contributed by atoms with E-state index >= 15 is 4.39 Å². The number of aryl methyl sites for hydroxylation is 1. The second kappa shape index (κ2) is 15.8. The van der Waals surface area contributed by atoms with Gasteiger partial charge in [-0.05, 0) is 56.5 Å². The average Bonchev–Trinajstić information content (AvgIpc) is 3.63. The molecule has 3 aromatic rings. The number of carbonyl (C=O) groups is 3. The van der Waals surface area contributed by atoms with E-state index in [1.807, 2.05) is 14.0 Å². The van der Waals surface area contributed by atoms with Crippen molar-refractivity contribution < 1.29 is 23.5 Å². The molecule has 3 amide bonds. The van der Waals surface area contributed by atoms with Crippen molar-refractivity contribution in [2.75, 3.05) is 45.7 Å². The molecule has 3 heterocycles. The van der Waals surface area contributed by atoms with Gasteiger partial charge in [0.2, 0.25) is 17.7 Å². The van der Waals surface area contributed by atoms with Crippen molar-refractivity contribution in [3.8, 4) is 11.5 Å². The normalized spacial score (nSPS) is 19.7. The van der Waals surface area contributed by atoms with Crippen LogP contribution in [0.2, 0.25) is 0 Å². The van der Waals surface area contributed by atoms with Crippen LogP contribution >= 0.6 is 0 Å². The monoisotopic (exact) mass is 665 g/mol. The lowest BCUT2D eigenvalue weighted by Gasteiger charge is -2.40. The second-order valence-electron chi connectivity index (χ2n) is 13.2. The Labute approximate surface area is 281 Å². The van der Waals surface area contributed by atoms with Crippen molar-refractivity contribution in [1.82, 2.24) is 40.1 Å². The number of hydrogen-bond acceptors (Lipinski definition) is 8. The first-order chi connectivity index (χ1) is 23.1. The number of rotatable bonds is 11. The number of amides is 3. The quantitative estimate of drug-likeness (QED) is 0.264. The Kier molecular flexibility index (Phi) is 11.6. The highest BCUT2D eigenvalue weighted by molar-refractivity contribution is 5.96. The highest BCUT2D eigenvalue weighted by atomic mass is 19.1. The van der Waals surface area contributed by atoms with Gasteiger partial charge in [-0.15, -0.1) is 0 Å². The Morgan fingerprint density at radius 1 is 1.10 bits per heavy atom. The largest absolute Gasteiger partial charge is 0.375 e. The summed E-state index contributed by atoms with van der Waals surface area (Å²) in [6, 6.07) is 5.57. The van der Waals surface area contributed by atoms with Gasteiger partial charge in [0.1, 0.15) is 35.9 Å². The number of benzene rings is 1. The zero-order chi connectivity index (χ0) is 34.4. The summed E-state index contributed by atoms with van der Waals surface area (Å²) >= 11 is 0. The molecule has 1 aliphatic heterocycles. The Hall–Kier alpha value is -4.17. The number of aromatic nitrogens is 5. The van der Waals surface area contributed by atoms with E-state index in [1.165, 1.54) is 19.2 Å². The highest BCUT2D eigenvalue weighted by Crippen LogP contribution is 2.36. The first-order valence-electron chi connectivity index (χ1n) is 16.9. The third-order valence-corrected chi connectivity index (χ3v) is 9.91. The lowest BCUT2D eigenvalue weighted by atomic mass is 9.84. The predicted molar refractivity (Wildman–Crippen MR) is 178 cm³/mol. The van der Waals surface area contributed by atoms with Gasteiger partial charge >= 0.3 is 0 Å². The molecule has 5 rings (SSSR count). The Balaban J connectivity index is 1.37. The van der Waals surface area contributed by atoms with Gasteiger partial charge in [0.05, 0.1) is 5.69 Å². The summed E-state index contributed by atoms with van der Waals surface area (Å²) < 4.78 is 22.5. The molecule has 13 nitrogen and oxygen atoms in total. The molecule has 3 N–H and O–H groups in total. The number of aromatic amines is 1. The zero-order valence-corrected chi connectivity index (χ0v) is 28.5. The van der Waals surface area contributed by atoms with Gasteiger partial charge in [0.25, 0.3) is 0 Å². The van der Waals surface area contributed by atoms with Gasteiger partial charge in [-0.2, -0.15) is 10.2 Å². The maximum Gasteiger partial charge on any atom is 0.246 e. The van der Waals surface area contributed by atoms with E-state index in [4.69, 9.17) is 9.72 Å². The summed E-state index contributed by atoms with van der Waals surface area (Å²) in [6.07, 6.45) is 7.60. The van der Waals surface area contributed by atoms with Gasteiger partial charge in [-0.1, -0.05) is 38.7 Å². The fraction of sp³-hybridized carbons (Fsp3) is 0.588. The van der Waals surface area contributed by atoms with E-state index in [0.717, 1.165) is 38.5 Å². The second-order valence-corrected chi connectivity index (χ2v) is 13.2. The SMILES string of the molecule is COCC(=O)N[C@@H](C(=O)N1CCN(C)[C@H](C)C1)[C@@H](C)c1ccc(NC(=O)C(c2nc(-c3ccnn3C)n[nH]2)C2CCCCCC2)c(F)c1. The standard InChI is InChI=1S/C34H48FN9O4/c1-21-19-44(17-16-42(21)3)34(47)30(38-28(45)20-48-5)22(2)24-12-13-26(25(35)18-24)37-33(46)29(23-10-8-6-7-9-11-23)32-39-31(40-41-32)27-14-15-36-43(27)4/h12-15,18,21-23,29-30H,6-11,16-17,19-20H2,1-5H3,(H,37,46)(H,38,45)(H,39,40,41)/t21-,22+,29?,30-/m1/s1. The number of likely N-dealkylation sites (N-methyl/N-ethyl adjacent to an activating group) is 1. The first kappa shape index (κ1) is 35.1. The van der Waals surface area contributed by atoms with Crippen LogP contribution in [0.15, 0.2) is 30.5 Å². The Bertz CT molecular complexity index is 1570.